The average molecular weight is 488 g/mol. The summed E-state index contributed by atoms with van der Waals surface area (Å²) < 4.78 is 25.6. The summed E-state index contributed by atoms with van der Waals surface area (Å²) in [5.74, 6) is 0. The minimum atomic E-state index is -3.63. The second-order valence-corrected chi connectivity index (χ2v) is 2.25. The molecule has 3 radical (unpaired) electrons. The van der Waals surface area contributed by atoms with E-state index >= 15 is 0 Å². The molecule has 0 fully saturated rings. The van der Waals surface area contributed by atoms with Gasteiger partial charge in [-0.2, -0.15) is 0 Å². The number of hydrogen-bond acceptors (Lipinski definition) is 9. The van der Waals surface area contributed by atoms with Crippen molar-refractivity contribution in [1.82, 2.24) is 0 Å². The Morgan fingerprint density at radius 3 is 0.600 bits per heavy atom. The summed E-state index contributed by atoms with van der Waals surface area (Å²) in [5, 5.41) is 0. The van der Waals surface area contributed by atoms with Crippen molar-refractivity contribution in [3.05, 3.63) is 0 Å². The molecular formula is BO9Si3WZn-6. The fourth-order valence-corrected chi connectivity index (χ4v) is 0. The molecule has 0 rings (SSSR count). The average Bonchev–Trinajstić information content (AvgIpc) is 1.54. The van der Waals surface area contributed by atoms with Crippen molar-refractivity contribution >= 4 is 35.9 Å². The Bertz CT molecular complexity index is 123. The van der Waals surface area contributed by atoms with E-state index in [4.69, 9.17) is 42.2 Å². The minimum absolute atomic E-state index is 0. The first kappa shape index (κ1) is 36.2. The van der Waals surface area contributed by atoms with Gasteiger partial charge in [0.25, 0.3) is 0 Å². The largest absolute Gasteiger partial charge is 0.672 e. The summed E-state index contributed by atoms with van der Waals surface area (Å²) in [6, 6.07) is 0. The molecule has 0 aromatic carbocycles. The van der Waals surface area contributed by atoms with E-state index in [1.54, 1.807) is 0 Å². The molecule has 0 atom stereocenters. The summed E-state index contributed by atoms with van der Waals surface area (Å²) in [7, 11) is -10.9. The Labute approximate surface area is 118 Å². The molecule has 0 aliphatic heterocycles. The van der Waals surface area contributed by atoms with Crippen LogP contribution in [0.15, 0.2) is 0 Å². The first-order valence-corrected chi connectivity index (χ1v) is 5.51. The van der Waals surface area contributed by atoms with Crippen LogP contribution in [0.1, 0.15) is 0 Å². The zero-order valence-corrected chi connectivity index (χ0v) is 15.8. The van der Waals surface area contributed by atoms with Gasteiger partial charge in [-0.1, -0.05) is 0 Å². The van der Waals surface area contributed by atoms with Gasteiger partial charge in [-0.3, -0.25) is 0 Å². The molecule has 0 bridgehead atoms. The van der Waals surface area contributed by atoms with Gasteiger partial charge in [-0.15, -0.1) is 0 Å². The molecule has 83 valence electrons. The maximum atomic E-state index is 8.52. The number of rotatable bonds is 0. The van der Waals surface area contributed by atoms with E-state index in [1.807, 2.05) is 0 Å². The minimum Gasteiger partial charge on any atom is -0.672 e. The molecule has 9 nitrogen and oxygen atoms in total. The van der Waals surface area contributed by atoms with Crippen LogP contribution < -0.4 is 28.8 Å². The zero-order chi connectivity index (χ0) is 10.7. The van der Waals surface area contributed by atoms with E-state index < -0.39 is 27.5 Å². The molecule has 0 aromatic rings. The Morgan fingerprint density at radius 2 is 0.600 bits per heavy atom. The van der Waals surface area contributed by atoms with Crippen LogP contribution in [0, 0.1) is 0 Å². The van der Waals surface area contributed by atoms with Crippen LogP contribution in [-0.2, 0) is 53.9 Å². The summed E-state index contributed by atoms with van der Waals surface area (Å²) in [5.41, 5.74) is 0. The van der Waals surface area contributed by atoms with Crippen LogP contribution in [0.4, 0.5) is 0 Å². The number of hydrogen-bond donors (Lipinski definition) is 0. The Kier molecular flexibility index (Phi) is 70.6. The molecule has 15 heteroatoms. The summed E-state index contributed by atoms with van der Waals surface area (Å²) >= 11 is 0. The van der Waals surface area contributed by atoms with Gasteiger partial charge in [0, 0.05) is 76.5 Å². The second-order valence-electron chi connectivity index (χ2n) is 0.750. The summed E-state index contributed by atoms with van der Waals surface area (Å²) in [4.78, 5) is 51.1. The predicted octanol–water partition coefficient (Wildman–Crippen LogP) is -9.02. The van der Waals surface area contributed by atoms with Crippen LogP contribution in [0.5, 0.6) is 0 Å². The van der Waals surface area contributed by atoms with Crippen LogP contribution in [-0.4, -0.2) is 35.9 Å². The first-order chi connectivity index (χ1) is 5.20. The van der Waals surface area contributed by atoms with Crippen LogP contribution in [0.25, 0.3) is 0 Å². The molecule has 0 N–H and O–H groups in total. The van der Waals surface area contributed by atoms with Gasteiger partial charge in [0.15, 0.2) is 0 Å². The summed E-state index contributed by atoms with van der Waals surface area (Å²) in [6.07, 6.45) is 0. The fraction of sp³-hybridized carbons (Fsp3) is 0. The van der Waals surface area contributed by atoms with Gasteiger partial charge in [0.05, 0.1) is 0 Å². The topological polar surface area (TPSA) is 190 Å². The molecule has 0 amide bonds. The molecule has 0 aliphatic rings. The Hall–Kier alpha value is 0.227. The second kappa shape index (κ2) is 29.2. The third kappa shape index (κ3) is 41200. The van der Waals surface area contributed by atoms with Gasteiger partial charge >= 0.3 is 0 Å². The van der Waals surface area contributed by atoms with Gasteiger partial charge in [-0.05, 0) is 0 Å². The van der Waals surface area contributed by atoms with E-state index in [-0.39, 0.29) is 49.0 Å². The monoisotopic (exact) mass is 487 g/mol. The maximum absolute atomic E-state index is 8.52. The van der Waals surface area contributed by atoms with E-state index in [1.165, 1.54) is 0 Å². The van der Waals surface area contributed by atoms with E-state index in [0.29, 0.717) is 0 Å². The quantitative estimate of drug-likeness (QED) is 0.298. The molecule has 0 aliphatic carbocycles. The SMILES string of the molecule is O=[Si]([O-])[O-].O=[Si]([O-])[O-].O=[Si]([O-])[O-].[B].[W].[Zn]. The molecule has 0 heterocycles. The van der Waals surface area contributed by atoms with Crippen molar-refractivity contribution in [2.24, 2.45) is 0 Å². The van der Waals surface area contributed by atoms with Crippen molar-refractivity contribution in [3.8, 4) is 0 Å². The van der Waals surface area contributed by atoms with Gasteiger partial charge < -0.3 is 42.2 Å². The smallest absolute Gasteiger partial charge is 0.0172 e. The zero-order valence-electron chi connectivity index (χ0n) is 6.87. The van der Waals surface area contributed by atoms with Crippen molar-refractivity contribution < 1.29 is 82.7 Å². The Balaban J connectivity index is -0.0000000184. The maximum Gasteiger partial charge on any atom is 0.0172 e. The standard InChI is InChI=1S/B.3O3Si.W.Zn/c;3*1-4(2)3;;/q;3*-2;;. The van der Waals surface area contributed by atoms with E-state index in [0.717, 1.165) is 0 Å². The van der Waals surface area contributed by atoms with Gasteiger partial charge in [-0.25, -0.2) is 0 Å². The molecule has 0 unspecified atom stereocenters. The van der Waals surface area contributed by atoms with Gasteiger partial charge in [0.1, 0.15) is 0 Å². The molecular weight excluding hydrogens is 488 g/mol. The van der Waals surface area contributed by atoms with Crippen molar-refractivity contribution in [2.45, 2.75) is 0 Å². The normalized spacial score (nSPS) is 4.80. The fourth-order valence-electron chi connectivity index (χ4n) is 0. The van der Waals surface area contributed by atoms with Crippen molar-refractivity contribution in [3.63, 3.8) is 0 Å². The van der Waals surface area contributed by atoms with Crippen molar-refractivity contribution in [2.75, 3.05) is 0 Å². The van der Waals surface area contributed by atoms with E-state index in [9.17, 15) is 0 Å². The molecule has 0 spiro atoms. The van der Waals surface area contributed by atoms with Crippen molar-refractivity contribution in [1.29, 1.82) is 0 Å². The van der Waals surface area contributed by atoms with Crippen LogP contribution in [0.3, 0.4) is 0 Å². The summed E-state index contributed by atoms with van der Waals surface area (Å²) in [6.45, 7) is 0. The molecule has 15 heavy (non-hydrogen) atoms. The predicted molar refractivity (Wildman–Crippen MR) is 25.1 cm³/mol. The Morgan fingerprint density at radius 1 is 0.600 bits per heavy atom. The third-order valence-corrected chi connectivity index (χ3v) is 0. The van der Waals surface area contributed by atoms with Crippen LogP contribution in [0.2, 0.25) is 0 Å². The van der Waals surface area contributed by atoms with Crippen LogP contribution >= 0.6 is 0 Å². The van der Waals surface area contributed by atoms with Gasteiger partial charge in [0.2, 0.25) is 0 Å². The third-order valence-electron chi connectivity index (χ3n) is 0. The van der Waals surface area contributed by atoms with E-state index in [2.05, 4.69) is 0 Å². The molecule has 0 saturated carbocycles. The molecule has 0 saturated heterocycles. The molecule has 0 aromatic heterocycles. The first-order valence-electron chi connectivity index (χ1n) is 1.84.